The molecular weight excluding hydrogens is 619 g/mol. The first-order chi connectivity index (χ1) is 24.0. The van der Waals surface area contributed by atoms with Crippen molar-refractivity contribution in [1.29, 1.82) is 0 Å². The van der Waals surface area contributed by atoms with Crippen LogP contribution in [0.4, 0.5) is 0 Å². The first-order valence-corrected chi connectivity index (χ1v) is 17.3. The van der Waals surface area contributed by atoms with Crippen molar-refractivity contribution in [3.63, 3.8) is 0 Å². The summed E-state index contributed by atoms with van der Waals surface area (Å²) in [4.78, 5) is 15.5. The maximum absolute atomic E-state index is 6.44. The van der Waals surface area contributed by atoms with Gasteiger partial charge in [-0.25, -0.2) is 15.0 Å². The molecule has 49 heavy (non-hydrogen) atoms. The number of para-hydroxylation sites is 3. The lowest BCUT2D eigenvalue weighted by molar-refractivity contribution is 0.658. The number of nitrogens with zero attached hydrogens (tertiary/aromatic N) is 3. The van der Waals surface area contributed by atoms with Crippen LogP contribution >= 0.6 is 11.3 Å². The van der Waals surface area contributed by atoms with Gasteiger partial charge >= 0.3 is 0 Å². The number of thiazole rings is 1. The minimum Gasteiger partial charge on any atom is -0.455 e. The van der Waals surface area contributed by atoms with Gasteiger partial charge in [-0.3, -0.25) is 0 Å². The monoisotopic (exact) mass is 647 g/mol. The molecule has 5 heteroatoms. The van der Waals surface area contributed by atoms with E-state index < -0.39 is 0 Å². The lowest BCUT2D eigenvalue weighted by atomic mass is 9.80. The zero-order chi connectivity index (χ0) is 32.7. The summed E-state index contributed by atoms with van der Waals surface area (Å²) < 4.78 is 7.63. The van der Waals surface area contributed by atoms with E-state index in [0.29, 0.717) is 5.82 Å². The van der Waals surface area contributed by atoms with Gasteiger partial charge in [-0.2, -0.15) is 0 Å². The first-order valence-electron chi connectivity index (χ1n) is 16.5. The van der Waals surface area contributed by atoms with Crippen molar-refractivity contribution in [1.82, 2.24) is 15.0 Å². The van der Waals surface area contributed by atoms with Crippen molar-refractivity contribution in [3.05, 3.63) is 151 Å². The molecule has 0 saturated heterocycles. The van der Waals surface area contributed by atoms with Crippen molar-refractivity contribution in [2.75, 3.05) is 0 Å². The number of hydrogen-bond acceptors (Lipinski definition) is 5. The Balaban J connectivity index is 1.14. The molecule has 9 aromatic rings. The van der Waals surface area contributed by atoms with Gasteiger partial charge in [0.25, 0.3) is 0 Å². The van der Waals surface area contributed by atoms with Crippen LogP contribution in [0.25, 0.3) is 87.8 Å². The van der Waals surface area contributed by atoms with Gasteiger partial charge in [-0.15, -0.1) is 11.3 Å². The number of fused-ring (bicyclic) bond motifs is 7. The predicted molar refractivity (Wildman–Crippen MR) is 202 cm³/mol. The maximum Gasteiger partial charge on any atom is 0.160 e. The minimum atomic E-state index is -0.273. The Morgan fingerprint density at radius 2 is 1.24 bits per heavy atom. The highest BCUT2D eigenvalue weighted by Gasteiger charge is 2.40. The number of hydrogen-bond donors (Lipinski definition) is 0. The van der Waals surface area contributed by atoms with Crippen LogP contribution < -0.4 is 0 Å². The van der Waals surface area contributed by atoms with E-state index in [0.717, 1.165) is 77.2 Å². The molecule has 232 valence electrons. The third-order valence-electron chi connectivity index (χ3n) is 9.92. The van der Waals surface area contributed by atoms with Gasteiger partial charge in [0.2, 0.25) is 0 Å². The first kappa shape index (κ1) is 28.1. The maximum atomic E-state index is 6.44. The molecule has 1 aliphatic rings. The molecule has 6 aromatic carbocycles. The Hall–Kier alpha value is -5.91. The second-order valence-electron chi connectivity index (χ2n) is 13.2. The lowest BCUT2D eigenvalue weighted by Gasteiger charge is -2.24. The minimum absolute atomic E-state index is 0.273. The topological polar surface area (TPSA) is 51.8 Å². The van der Waals surface area contributed by atoms with Crippen LogP contribution in [0, 0.1) is 0 Å². The highest BCUT2D eigenvalue weighted by molar-refractivity contribution is 7.21. The average Bonchev–Trinajstić information content (AvgIpc) is 3.82. The molecule has 0 spiro atoms. The van der Waals surface area contributed by atoms with Crippen molar-refractivity contribution in [3.8, 4) is 55.6 Å². The van der Waals surface area contributed by atoms with E-state index in [9.17, 15) is 0 Å². The van der Waals surface area contributed by atoms with Crippen LogP contribution in [0.3, 0.4) is 0 Å². The van der Waals surface area contributed by atoms with Gasteiger partial charge in [-0.1, -0.05) is 129 Å². The Labute approximate surface area is 287 Å². The smallest absolute Gasteiger partial charge is 0.160 e. The molecule has 3 heterocycles. The van der Waals surface area contributed by atoms with E-state index in [-0.39, 0.29) is 5.41 Å². The molecule has 0 radical (unpaired) electrons. The largest absolute Gasteiger partial charge is 0.455 e. The molecule has 0 unspecified atom stereocenters. The summed E-state index contributed by atoms with van der Waals surface area (Å²) in [6, 6.07) is 48.8. The number of furan rings is 1. The Morgan fingerprint density at radius 3 is 2.14 bits per heavy atom. The lowest BCUT2D eigenvalue weighted by Crippen LogP contribution is -2.17. The summed E-state index contributed by atoms with van der Waals surface area (Å²) in [5, 5.41) is 3.26. The summed E-state index contributed by atoms with van der Waals surface area (Å²) in [6.45, 7) is 4.58. The molecule has 0 aliphatic heterocycles. The quantitative estimate of drug-likeness (QED) is 0.191. The summed E-state index contributed by atoms with van der Waals surface area (Å²) in [7, 11) is 0. The Bertz CT molecular complexity index is 2720. The van der Waals surface area contributed by atoms with Crippen LogP contribution in [0.15, 0.2) is 144 Å². The Morgan fingerprint density at radius 1 is 0.551 bits per heavy atom. The SMILES string of the molecule is CC1(C)c2ccccc2-c2nc(-c3ccc(-c4nc5ccccc5s4)cc3)nc(-c3cccc(-c4cccc5c4oc4ccccc45)c3)c21. The van der Waals surface area contributed by atoms with E-state index in [4.69, 9.17) is 19.4 Å². The van der Waals surface area contributed by atoms with E-state index in [1.54, 1.807) is 11.3 Å². The third kappa shape index (κ3) is 4.32. The van der Waals surface area contributed by atoms with Gasteiger partial charge in [-0.05, 0) is 35.4 Å². The van der Waals surface area contributed by atoms with Crippen LogP contribution in [0.2, 0.25) is 0 Å². The van der Waals surface area contributed by atoms with Crippen LogP contribution in [-0.4, -0.2) is 15.0 Å². The predicted octanol–water partition coefficient (Wildman–Crippen LogP) is 12.0. The molecule has 10 rings (SSSR count). The zero-order valence-electron chi connectivity index (χ0n) is 26.9. The molecule has 0 bridgehead atoms. The molecular formula is C44H29N3OS. The summed E-state index contributed by atoms with van der Waals surface area (Å²) in [5.74, 6) is 0.710. The molecule has 0 fully saturated rings. The second-order valence-corrected chi connectivity index (χ2v) is 14.2. The third-order valence-corrected chi connectivity index (χ3v) is 11.0. The van der Waals surface area contributed by atoms with Gasteiger partial charge in [0.05, 0.1) is 21.6 Å². The van der Waals surface area contributed by atoms with E-state index in [1.807, 2.05) is 18.2 Å². The fourth-order valence-electron chi connectivity index (χ4n) is 7.52. The normalized spacial score (nSPS) is 13.3. The van der Waals surface area contributed by atoms with E-state index in [1.165, 1.54) is 15.8 Å². The average molecular weight is 648 g/mol. The molecule has 4 nitrogen and oxygen atoms in total. The van der Waals surface area contributed by atoms with E-state index >= 15 is 0 Å². The number of benzene rings is 6. The number of aromatic nitrogens is 3. The summed E-state index contributed by atoms with van der Waals surface area (Å²) in [5.41, 5.74) is 13.4. The van der Waals surface area contributed by atoms with Crippen LogP contribution in [-0.2, 0) is 5.41 Å². The highest BCUT2D eigenvalue weighted by Crippen LogP contribution is 2.51. The zero-order valence-corrected chi connectivity index (χ0v) is 27.8. The summed E-state index contributed by atoms with van der Waals surface area (Å²) >= 11 is 1.71. The highest BCUT2D eigenvalue weighted by atomic mass is 32.1. The summed E-state index contributed by atoms with van der Waals surface area (Å²) in [6.07, 6.45) is 0. The van der Waals surface area contributed by atoms with Gasteiger partial charge in [0.15, 0.2) is 5.82 Å². The van der Waals surface area contributed by atoms with Crippen LogP contribution in [0.1, 0.15) is 25.0 Å². The van der Waals surface area contributed by atoms with Gasteiger partial charge in [0.1, 0.15) is 16.2 Å². The van der Waals surface area contributed by atoms with Crippen molar-refractivity contribution in [2.45, 2.75) is 19.3 Å². The fraction of sp³-hybridized carbons (Fsp3) is 0.0682. The Kier molecular flexibility index (Phi) is 6.05. The molecule has 0 N–H and O–H groups in total. The second kappa shape index (κ2) is 10.5. The molecule has 3 aromatic heterocycles. The van der Waals surface area contributed by atoms with E-state index in [2.05, 4.69) is 135 Å². The van der Waals surface area contributed by atoms with Crippen molar-refractivity contribution >= 4 is 43.5 Å². The fourth-order valence-corrected chi connectivity index (χ4v) is 8.49. The van der Waals surface area contributed by atoms with Crippen LogP contribution in [0.5, 0.6) is 0 Å². The van der Waals surface area contributed by atoms with Gasteiger partial charge in [0, 0.05) is 49.6 Å². The van der Waals surface area contributed by atoms with Gasteiger partial charge < -0.3 is 4.42 Å². The van der Waals surface area contributed by atoms with Crippen molar-refractivity contribution < 1.29 is 4.42 Å². The molecule has 0 amide bonds. The molecule has 1 aliphatic carbocycles. The van der Waals surface area contributed by atoms with Crippen molar-refractivity contribution in [2.24, 2.45) is 0 Å². The molecule has 0 saturated carbocycles. The molecule has 0 atom stereocenters. The number of rotatable bonds is 4. The standard InChI is InChI=1S/C44H29N3OS/c1-44(2)34-17-5-3-14-33(34)40-38(44)39(46-42(47-40)26-21-23-27(24-22-26)43-45-35-18-6-8-20-37(35)49-43)29-12-9-11-28(25-29)30-15-10-16-32-31-13-4-7-19-36(31)48-41(30)32/h3-25H,1-2H3.